The molecule has 6 rings (SSSR count). The van der Waals surface area contributed by atoms with Crippen molar-refractivity contribution in [3.63, 3.8) is 0 Å². The van der Waals surface area contributed by atoms with Crippen LogP contribution in [0.2, 0.25) is 0 Å². The maximum atomic E-state index is 15.5. The molecule has 188 valence electrons. The maximum absolute atomic E-state index is 15.5. The second-order valence-electron chi connectivity index (χ2n) is 10.4. The Morgan fingerprint density at radius 3 is 2.69 bits per heavy atom. The average molecular weight is 494 g/mol. The number of hydrogen-bond donors (Lipinski definition) is 2. The van der Waals surface area contributed by atoms with Gasteiger partial charge >= 0.3 is 0 Å². The molecule has 1 aromatic carbocycles. The van der Waals surface area contributed by atoms with Gasteiger partial charge in [-0.05, 0) is 45.2 Å². The summed E-state index contributed by atoms with van der Waals surface area (Å²) in [5.41, 5.74) is 0.987. The first kappa shape index (κ1) is 22.8. The molecule has 0 radical (unpaired) electrons. The summed E-state index contributed by atoms with van der Waals surface area (Å²) >= 11 is 0. The number of halogens is 1. The number of alkyl halides is 1. The van der Waals surface area contributed by atoms with E-state index in [-0.39, 0.29) is 23.2 Å². The minimum atomic E-state index is -1.04. The Morgan fingerprint density at radius 1 is 1.08 bits per heavy atom. The lowest BCUT2D eigenvalue weighted by atomic mass is 9.82. The van der Waals surface area contributed by atoms with Gasteiger partial charge in [-0.25, -0.2) is 9.37 Å². The highest BCUT2D eigenvalue weighted by molar-refractivity contribution is 5.72. The third kappa shape index (κ3) is 3.78. The highest BCUT2D eigenvalue weighted by Crippen LogP contribution is 2.45. The molecule has 11 heteroatoms. The van der Waals surface area contributed by atoms with Crippen molar-refractivity contribution >= 4 is 5.82 Å². The standard InChI is InChI=1S/C25H28FN7O3/c1-24-6-7-25(2,32-24)21(26)17(12-24)33(3)20-13-27-22(30-29-20)15-5-4-14(10-18(15)34)16-11-19-23(31-28-16)36-9-8-35-19/h4-5,10-11,13,17,21,32,34H,6-9,12H2,1-3H3/t17-,21-,24-,25+/m1/s1. The first-order valence-electron chi connectivity index (χ1n) is 12.1. The molecule has 0 aliphatic carbocycles. The van der Waals surface area contributed by atoms with Crippen LogP contribution in [-0.4, -0.2) is 74.0 Å². The molecule has 36 heavy (non-hydrogen) atoms. The minimum Gasteiger partial charge on any atom is -0.507 e. The maximum Gasteiger partial charge on any atom is 0.276 e. The van der Waals surface area contributed by atoms with Crippen LogP contribution in [-0.2, 0) is 0 Å². The number of phenols is 1. The van der Waals surface area contributed by atoms with Gasteiger partial charge in [0.05, 0.1) is 23.5 Å². The molecule has 0 saturated carbocycles. The van der Waals surface area contributed by atoms with Crippen LogP contribution < -0.4 is 19.7 Å². The zero-order valence-corrected chi connectivity index (χ0v) is 20.4. The van der Waals surface area contributed by atoms with Crippen LogP contribution in [0, 0.1) is 0 Å². The van der Waals surface area contributed by atoms with Gasteiger partial charge in [-0.1, -0.05) is 6.07 Å². The summed E-state index contributed by atoms with van der Waals surface area (Å²) in [6.45, 7) is 4.99. The zero-order chi connectivity index (χ0) is 25.1. The molecule has 3 aromatic rings. The van der Waals surface area contributed by atoms with Crippen molar-refractivity contribution in [3.05, 3.63) is 30.5 Å². The van der Waals surface area contributed by atoms with Gasteiger partial charge in [-0.15, -0.1) is 20.4 Å². The number of hydrogen-bond acceptors (Lipinski definition) is 10. The van der Waals surface area contributed by atoms with E-state index in [0.717, 1.165) is 12.8 Å². The highest BCUT2D eigenvalue weighted by Gasteiger charge is 2.56. The molecule has 2 saturated heterocycles. The number of benzene rings is 1. The smallest absolute Gasteiger partial charge is 0.276 e. The van der Waals surface area contributed by atoms with Crippen molar-refractivity contribution in [3.8, 4) is 40.0 Å². The summed E-state index contributed by atoms with van der Waals surface area (Å²) in [6, 6.07) is 6.46. The fourth-order valence-electron chi connectivity index (χ4n) is 5.63. The lowest BCUT2D eigenvalue weighted by Gasteiger charge is -2.47. The number of fused-ring (bicyclic) bond motifs is 3. The van der Waals surface area contributed by atoms with E-state index in [2.05, 4.69) is 37.6 Å². The van der Waals surface area contributed by atoms with Gasteiger partial charge in [0, 0.05) is 29.8 Å². The molecule has 10 nitrogen and oxygen atoms in total. The second-order valence-corrected chi connectivity index (χ2v) is 10.4. The third-order valence-electron chi connectivity index (χ3n) is 7.64. The first-order valence-corrected chi connectivity index (χ1v) is 12.1. The molecular weight excluding hydrogens is 465 g/mol. The number of aromatic nitrogens is 5. The highest BCUT2D eigenvalue weighted by atomic mass is 19.1. The average Bonchev–Trinajstić information content (AvgIpc) is 3.17. The molecule has 3 aliphatic heterocycles. The summed E-state index contributed by atoms with van der Waals surface area (Å²) in [5, 5.41) is 31.0. The molecule has 2 fully saturated rings. The minimum absolute atomic E-state index is 0.0216. The van der Waals surface area contributed by atoms with Gasteiger partial charge in [0.2, 0.25) is 0 Å². The summed E-state index contributed by atoms with van der Waals surface area (Å²) < 4.78 is 26.4. The van der Waals surface area contributed by atoms with Crippen LogP contribution in [0.3, 0.4) is 0 Å². The molecule has 2 bridgehead atoms. The van der Waals surface area contributed by atoms with Crippen molar-refractivity contribution in [2.24, 2.45) is 0 Å². The number of nitrogens with zero attached hydrogens (tertiary/aromatic N) is 6. The van der Waals surface area contributed by atoms with E-state index in [0.29, 0.717) is 53.9 Å². The van der Waals surface area contributed by atoms with Crippen molar-refractivity contribution in [1.29, 1.82) is 0 Å². The van der Waals surface area contributed by atoms with Gasteiger partial charge in [0.15, 0.2) is 17.4 Å². The van der Waals surface area contributed by atoms with Crippen LogP contribution in [0.4, 0.5) is 10.2 Å². The van der Waals surface area contributed by atoms with Crippen LogP contribution >= 0.6 is 0 Å². The number of anilines is 1. The molecule has 0 amide bonds. The van der Waals surface area contributed by atoms with Gasteiger partial charge in [0.25, 0.3) is 5.88 Å². The first-order chi connectivity index (χ1) is 17.2. The third-order valence-corrected chi connectivity index (χ3v) is 7.64. The summed E-state index contributed by atoms with van der Waals surface area (Å²) in [6.07, 6.45) is 2.97. The topological polar surface area (TPSA) is 118 Å². The van der Waals surface area contributed by atoms with E-state index in [1.165, 1.54) is 0 Å². The van der Waals surface area contributed by atoms with E-state index < -0.39 is 11.7 Å². The van der Waals surface area contributed by atoms with Crippen LogP contribution in [0.25, 0.3) is 22.6 Å². The molecule has 0 unspecified atom stereocenters. The summed E-state index contributed by atoms with van der Waals surface area (Å²) in [5.74, 6) is 1.61. The van der Waals surface area contributed by atoms with E-state index in [4.69, 9.17) is 9.47 Å². The SMILES string of the molecule is CN(c1cnc(-c2ccc(-c3cc4c(nn3)OCCO4)cc2O)nn1)[C@@H]1C[C@@]2(C)CC[C@](C)(N2)[C@@H]1F. The van der Waals surface area contributed by atoms with E-state index >= 15 is 4.39 Å². The Hall–Kier alpha value is -3.60. The Kier molecular flexibility index (Phi) is 5.22. The van der Waals surface area contributed by atoms with Crippen molar-refractivity contribution in [2.45, 2.75) is 56.4 Å². The van der Waals surface area contributed by atoms with Gasteiger partial charge < -0.3 is 24.8 Å². The molecule has 4 atom stereocenters. The molecular formula is C25H28FN7O3. The van der Waals surface area contributed by atoms with Crippen molar-refractivity contribution in [1.82, 2.24) is 30.7 Å². The number of ether oxygens (including phenoxy) is 2. The Balaban J connectivity index is 1.22. The van der Waals surface area contributed by atoms with Crippen LogP contribution in [0.15, 0.2) is 30.5 Å². The van der Waals surface area contributed by atoms with E-state index in [1.54, 1.807) is 30.5 Å². The largest absolute Gasteiger partial charge is 0.507 e. The Labute approximate surface area is 207 Å². The zero-order valence-electron chi connectivity index (χ0n) is 20.4. The number of rotatable bonds is 4. The number of nitrogens with one attached hydrogen (secondary N) is 1. The van der Waals surface area contributed by atoms with Crippen LogP contribution in [0.1, 0.15) is 33.1 Å². The molecule has 2 aromatic heterocycles. The quantitative estimate of drug-likeness (QED) is 0.562. The summed E-state index contributed by atoms with van der Waals surface area (Å²) in [7, 11) is 1.83. The van der Waals surface area contributed by atoms with E-state index in [9.17, 15) is 5.11 Å². The Morgan fingerprint density at radius 2 is 1.92 bits per heavy atom. The van der Waals surface area contributed by atoms with Crippen molar-refractivity contribution < 1.29 is 19.0 Å². The normalized spacial score (nSPS) is 28.7. The number of piperidine rings is 1. The fourth-order valence-corrected chi connectivity index (χ4v) is 5.63. The number of phenolic OH excluding ortho intramolecular Hbond substituents is 1. The fraction of sp³-hybridized carbons (Fsp3) is 0.480. The summed E-state index contributed by atoms with van der Waals surface area (Å²) in [4.78, 5) is 6.26. The van der Waals surface area contributed by atoms with Gasteiger partial charge in [-0.2, -0.15) is 0 Å². The Bertz CT molecular complexity index is 1310. The predicted octanol–water partition coefficient (Wildman–Crippen LogP) is 2.92. The molecule has 5 heterocycles. The predicted molar refractivity (Wildman–Crippen MR) is 130 cm³/mol. The molecule has 0 spiro atoms. The van der Waals surface area contributed by atoms with Gasteiger partial charge in [-0.3, -0.25) is 0 Å². The van der Waals surface area contributed by atoms with Crippen molar-refractivity contribution in [2.75, 3.05) is 25.2 Å². The molecule has 2 N–H and O–H groups in total. The number of aromatic hydroxyl groups is 1. The monoisotopic (exact) mass is 493 g/mol. The lowest BCUT2D eigenvalue weighted by molar-refractivity contribution is 0.0859. The second kappa shape index (κ2) is 8.22. The lowest BCUT2D eigenvalue weighted by Crippen LogP contribution is -2.65. The van der Waals surface area contributed by atoms with Gasteiger partial charge in [0.1, 0.15) is 25.1 Å². The van der Waals surface area contributed by atoms with Crippen LogP contribution in [0.5, 0.6) is 17.4 Å². The molecule has 3 aliphatic rings. The van der Waals surface area contributed by atoms with E-state index in [1.807, 2.05) is 18.9 Å².